The molecule has 0 aromatic heterocycles. The van der Waals surface area contributed by atoms with E-state index in [0.717, 1.165) is 5.56 Å². The number of hydrogen-bond donors (Lipinski definition) is 1. The Kier molecular flexibility index (Phi) is 4.55. The number of nitriles is 1. The van der Waals surface area contributed by atoms with E-state index in [-0.39, 0.29) is 0 Å². The van der Waals surface area contributed by atoms with Crippen molar-refractivity contribution in [3.05, 3.63) is 29.8 Å². The standard InChI is InChI=1S/C9H12O.CHN/c1-7(2)8-5-3-4-6-9(8)10;1-2/h3-7,10H,1-2H3;1H. The van der Waals surface area contributed by atoms with Gasteiger partial charge in [-0.1, -0.05) is 32.0 Å². The van der Waals surface area contributed by atoms with Crippen LogP contribution in [0.3, 0.4) is 0 Å². The minimum absolute atomic E-state index is 0.400. The lowest BCUT2D eigenvalue weighted by Gasteiger charge is -2.05. The number of aromatic hydroxyl groups is 1. The summed E-state index contributed by atoms with van der Waals surface area (Å²) in [6.45, 7) is 7.63. The molecular formula is C10H13NO. The van der Waals surface area contributed by atoms with Gasteiger partial charge in [0.05, 0.1) is 0 Å². The molecule has 0 spiro atoms. The SMILES string of the molecule is C#N.CC(C)c1ccccc1O. The summed E-state index contributed by atoms with van der Waals surface area (Å²) in [4.78, 5) is 0. The van der Waals surface area contributed by atoms with Gasteiger partial charge in [-0.05, 0) is 17.5 Å². The molecule has 2 heteroatoms. The van der Waals surface area contributed by atoms with Crippen LogP contribution in [-0.2, 0) is 0 Å². The normalized spacial score (nSPS) is 8.75. The van der Waals surface area contributed by atoms with Crippen LogP contribution < -0.4 is 0 Å². The number of phenolic OH excluding ortho intramolecular Hbond substituents is 1. The molecule has 0 aliphatic carbocycles. The molecule has 0 saturated heterocycles. The maximum atomic E-state index is 9.28. The number of rotatable bonds is 1. The summed E-state index contributed by atoms with van der Waals surface area (Å²) >= 11 is 0. The van der Waals surface area contributed by atoms with E-state index in [0.29, 0.717) is 11.7 Å². The van der Waals surface area contributed by atoms with Gasteiger partial charge >= 0.3 is 0 Å². The molecule has 12 heavy (non-hydrogen) atoms. The molecule has 64 valence electrons. The molecule has 0 atom stereocenters. The van der Waals surface area contributed by atoms with Crippen molar-refractivity contribution in [2.75, 3.05) is 0 Å². The van der Waals surface area contributed by atoms with Crippen LogP contribution in [0.15, 0.2) is 24.3 Å². The Labute approximate surface area is 73.1 Å². The van der Waals surface area contributed by atoms with Gasteiger partial charge in [0.1, 0.15) is 5.75 Å². The summed E-state index contributed by atoms with van der Waals surface area (Å²) in [5.41, 5.74) is 1.02. The fourth-order valence-corrected chi connectivity index (χ4v) is 0.976. The fourth-order valence-electron chi connectivity index (χ4n) is 0.976. The minimum Gasteiger partial charge on any atom is -0.508 e. The summed E-state index contributed by atoms with van der Waals surface area (Å²) in [5.74, 6) is 0.804. The fraction of sp³-hybridized carbons (Fsp3) is 0.300. The van der Waals surface area contributed by atoms with Crippen LogP contribution in [0, 0.1) is 11.8 Å². The number of hydrogen-bond acceptors (Lipinski definition) is 2. The summed E-state index contributed by atoms with van der Waals surface area (Å²) in [7, 11) is 0. The van der Waals surface area contributed by atoms with Gasteiger partial charge in [0.2, 0.25) is 0 Å². The van der Waals surface area contributed by atoms with Gasteiger partial charge in [0, 0.05) is 6.57 Å². The lowest BCUT2D eigenvalue weighted by molar-refractivity contribution is 0.465. The van der Waals surface area contributed by atoms with Crippen molar-refractivity contribution in [2.45, 2.75) is 19.8 Å². The second-order valence-corrected chi connectivity index (χ2v) is 2.71. The molecule has 0 heterocycles. The van der Waals surface area contributed by atoms with Crippen LogP contribution >= 0.6 is 0 Å². The van der Waals surface area contributed by atoms with E-state index < -0.39 is 0 Å². The molecule has 1 aromatic carbocycles. The van der Waals surface area contributed by atoms with E-state index in [2.05, 4.69) is 20.4 Å². The Morgan fingerprint density at radius 2 is 1.75 bits per heavy atom. The second-order valence-electron chi connectivity index (χ2n) is 2.71. The predicted molar refractivity (Wildman–Crippen MR) is 48.9 cm³/mol. The highest BCUT2D eigenvalue weighted by atomic mass is 16.3. The molecular weight excluding hydrogens is 150 g/mol. The highest BCUT2D eigenvalue weighted by molar-refractivity contribution is 5.33. The van der Waals surface area contributed by atoms with Gasteiger partial charge in [-0.2, -0.15) is 0 Å². The van der Waals surface area contributed by atoms with E-state index in [9.17, 15) is 5.11 Å². The van der Waals surface area contributed by atoms with Crippen LogP contribution in [0.4, 0.5) is 0 Å². The maximum absolute atomic E-state index is 9.28. The largest absolute Gasteiger partial charge is 0.508 e. The Morgan fingerprint density at radius 1 is 1.25 bits per heavy atom. The molecule has 0 aliphatic heterocycles. The van der Waals surface area contributed by atoms with Crippen molar-refractivity contribution in [2.24, 2.45) is 0 Å². The van der Waals surface area contributed by atoms with E-state index in [4.69, 9.17) is 5.26 Å². The third-order valence-corrected chi connectivity index (χ3v) is 1.56. The molecule has 0 aliphatic rings. The minimum atomic E-state index is 0.400. The van der Waals surface area contributed by atoms with Crippen molar-refractivity contribution in [1.82, 2.24) is 0 Å². The van der Waals surface area contributed by atoms with Crippen LogP contribution in [0.5, 0.6) is 5.75 Å². The molecule has 2 nitrogen and oxygen atoms in total. The highest BCUT2D eigenvalue weighted by Gasteiger charge is 2.01. The molecule has 0 fully saturated rings. The Balaban J connectivity index is 0.000000561. The number of benzene rings is 1. The Morgan fingerprint density at radius 3 is 2.08 bits per heavy atom. The average molecular weight is 163 g/mol. The van der Waals surface area contributed by atoms with E-state index in [1.54, 1.807) is 6.07 Å². The van der Waals surface area contributed by atoms with Gasteiger partial charge in [0.25, 0.3) is 0 Å². The van der Waals surface area contributed by atoms with Crippen LogP contribution in [-0.4, -0.2) is 5.11 Å². The lowest BCUT2D eigenvalue weighted by Crippen LogP contribution is -1.85. The van der Waals surface area contributed by atoms with Gasteiger partial charge in [0.15, 0.2) is 0 Å². The Bertz CT molecular complexity index is 253. The van der Waals surface area contributed by atoms with Gasteiger partial charge in [-0.3, -0.25) is 0 Å². The van der Waals surface area contributed by atoms with Gasteiger partial charge in [-0.25, -0.2) is 5.26 Å². The summed E-state index contributed by atoms with van der Waals surface area (Å²) in [6, 6.07) is 7.44. The third kappa shape index (κ3) is 2.63. The molecule has 0 unspecified atom stereocenters. The molecule has 0 radical (unpaired) electrons. The van der Waals surface area contributed by atoms with Crippen molar-refractivity contribution < 1.29 is 5.11 Å². The molecule has 1 aromatic rings. The first kappa shape index (κ1) is 10.5. The summed E-state index contributed by atoms with van der Waals surface area (Å²) in [6.07, 6.45) is 0. The van der Waals surface area contributed by atoms with E-state index in [1.165, 1.54) is 0 Å². The van der Waals surface area contributed by atoms with E-state index in [1.807, 2.05) is 18.2 Å². The predicted octanol–water partition coefficient (Wildman–Crippen LogP) is 2.66. The first-order valence-corrected chi connectivity index (χ1v) is 3.75. The van der Waals surface area contributed by atoms with Crippen LogP contribution in [0.25, 0.3) is 0 Å². The maximum Gasteiger partial charge on any atom is 0.119 e. The van der Waals surface area contributed by atoms with Gasteiger partial charge in [-0.15, -0.1) is 0 Å². The topological polar surface area (TPSA) is 44.0 Å². The monoisotopic (exact) mass is 163 g/mol. The second kappa shape index (κ2) is 5.20. The molecule has 1 rings (SSSR count). The average Bonchev–Trinajstić information content (AvgIpc) is 2.08. The quantitative estimate of drug-likeness (QED) is 0.691. The molecule has 1 N–H and O–H groups in total. The zero-order valence-electron chi connectivity index (χ0n) is 7.36. The van der Waals surface area contributed by atoms with Crippen LogP contribution in [0.1, 0.15) is 25.3 Å². The van der Waals surface area contributed by atoms with Crippen molar-refractivity contribution >= 4 is 0 Å². The summed E-state index contributed by atoms with van der Waals surface area (Å²) in [5, 5.41) is 15.8. The van der Waals surface area contributed by atoms with Crippen molar-refractivity contribution in [3.63, 3.8) is 0 Å². The first-order chi connectivity index (χ1) is 5.72. The molecule has 0 saturated carbocycles. The number of nitrogens with zero attached hydrogens (tertiary/aromatic N) is 1. The molecule has 0 amide bonds. The summed E-state index contributed by atoms with van der Waals surface area (Å²) < 4.78 is 0. The smallest absolute Gasteiger partial charge is 0.119 e. The van der Waals surface area contributed by atoms with Crippen LogP contribution in [0.2, 0.25) is 0 Å². The zero-order valence-corrected chi connectivity index (χ0v) is 7.36. The Hall–Kier alpha value is -1.49. The number of phenols is 1. The van der Waals surface area contributed by atoms with E-state index >= 15 is 0 Å². The number of para-hydroxylation sites is 1. The zero-order chi connectivity index (χ0) is 9.56. The van der Waals surface area contributed by atoms with Crippen molar-refractivity contribution in [3.8, 4) is 12.3 Å². The lowest BCUT2D eigenvalue weighted by atomic mass is 10.0. The molecule has 0 bridgehead atoms. The van der Waals surface area contributed by atoms with Gasteiger partial charge < -0.3 is 5.11 Å². The third-order valence-electron chi connectivity index (χ3n) is 1.56. The highest BCUT2D eigenvalue weighted by Crippen LogP contribution is 2.23. The van der Waals surface area contributed by atoms with Crippen molar-refractivity contribution in [1.29, 1.82) is 5.26 Å². The first-order valence-electron chi connectivity index (χ1n) is 3.75.